The number of hydrogen-bond acceptors (Lipinski definition) is 3. The summed E-state index contributed by atoms with van der Waals surface area (Å²) in [7, 11) is 0. The van der Waals surface area contributed by atoms with Gasteiger partial charge in [0.1, 0.15) is 17.1 Å². The van der Waals surface area contributed by atoms with Crippen LogP contribution in [0.2, 0.25) is 0 Å². The van der Waals surface area contributed by atoms with E-state index in [-0.39, 0.29) is 11.7 Å². The molecule has 0 aromatic heterocycles. The summed E-state index contributed by atoms with van der Waals surface area (Å²) in [5.41, 5.74) is 7.12. The van der Waals surface area contributed by atoms with Crippen molar-refractivity contribution < 1.29 is 14.9 Å². The molecule has 38 heavy (non-hydrogen) atoms. The Bertz CT molecular complexity index is 1510. The van der Waals surface area contributed by atoms with Gasteiger partial charge in [0.25, 0.3) is 0 Å². The van der Waals surface area contributed by atoms with Crippen LogP contribution in [0, 0.1) is 5.41 Å². The molecule has 0 radical (unpaired) electrons. The van der Waals surface area contributed by atoms with Gasteiger partial charge in [-0.2, -0.15) is 0 Å². The lowest BCUT2D eigenvalue weighted by atomic mass is 9.57. The molecular formula is C35H32O3. The lowest BCUT2D eigenvalue weighted by molar-refractivity contribution is -0.0656. The average molecular weight is 501 g/mol. The molecule has 3 aliphatic carbocycles. The summed E-state index contributed by atoms with van der Waals surface area (Å²) in [6, 6.07) is 19.3. The van der Waals surface area contributed by atoms with Crippen LogP contribution in [0.1, 0.15) is 31.7 Å². The van der Waals surface area contributed by atoms with Gasteiger partial charge in [-0.15, -0.1) is 0 Å². The van der Waals surface area contributed by atoms with Gasteiger partial charge in [0, 0.05) is 11.3 Å². The monoisotopic (exact) mass is 500 g/mol. The molecular weight excluding hydrogens is 468 g/mol. The summed E-state index contributed by atoms with van der Waals surface area (Å²) in [6.45, 7) is 4.80. The van der Waals surface area contributed by atoms with Crippen LogP contribution in [-0.4, -0.2) is 22.4 Å². The summed E-state index contributed by atoms with van der Waals surface area (Å²) < 4.78 is 6.74. The van der Waals surface area contributed by atoms with Gasteiger partial charge in [0.15, 0.2) is 0 Å². The van der Waals surface area contributed by atoms with Gasteiger partial charge in [0.05, 0.1) is 6.61 Å². The predicted molar refractivity (Wildman–Crippen MR) is 154 cm³/mol. The summed E-state index contributed by atoms with van der Waals surface area (Å²) in [5.74, 6) is 0.609. The third kappa shape index (κ3) is 4.04. The fourth-order valence-corrected chi connectivity index (χ4v) is 6.10. The number of aliphatic hydroxyl groups excluding tert-OH is 2. The van der Waals surface area contributed by atoms with E-state index in [1.807, 2.05) is 30.4 Å². The average Bonchev–Trinajstić information content (AvgIpc) is 2.93. The highest BCUT2D eigenvalue weighted by molar-refractivity contribution is 5.65. The minimum Gasteiger partial charge on any atom is -0.508 e. The van der Waals surface area contributed by atoms with Gasteiger partial charge in [-0.25, -0.2) is 0 Å². The first-order chi connectivity index (χ1) is 18.4. The smallest absolute Gasteiger partial charge is 0.112 e. The standard InChI is InChI=1S/C35H32O3/c1-34-22-31(37)20-16-29(34)17-21-32-33(27-14-12-26(13-15-27)25-6-4-3-5-7-25)28(23-38-35(32,34)2)11-8-24-9-18-30(36)19-10-24/h3-9,11-22,33,36-37H,10,23H2,1-2H3/b24-8-,28-11+. The van der Waals surface area contributed by atoms with Crippen molar-refractivity contribution in [3.8, 4) is 11.1 Å². The number of ether oxygens (including phenoxy) is 1. The highest BCUT2D eigenvalue weighted by atomic mass is 16.5. The molecule has 190 valence electrons. The third-order valence-electron chi connectivity index (χ3n) is 8.54. The van der Waals surface area contributed by atoms with Crippen LogP contribution in [-0.2, 0) is 4.74 Å². The SMILES string of the molecule is CC12C=C(O)C=CC1=CC=C1C(c3ccc(-c4ccccc4)cc3)/C(=C/C=C3/C=CC(O)=CC3)COC12C. The van der Waals surface area contributed by atoms with Crippen molar-refractivity contribution in [3.05, 3.63) is 155 Å². The maximum absolute atomic E-state index is 10.5. The van der Waals surface area contributed by atoms with E-state index in [0.717, 1.165) is 11.1 Å². The normalized spacial score (nSPS) is 30.2. The predicted octanol–water partition coefficient (Wildman–Crippen LogP) is 8.37. The zero-order valence-corrected chi connectivity index (χ0v) is 21.8. The van der Waals surface area contributed by atoms with Crippen molar-refractivity contribution in [3.63, 3.8) is 0 Å². The van der Waals surface area contributed by atoms with E-state index in [1.165, 1.54) is 27.8 Å². The van der Waals surface area contributed by atoms with E-state index in [2.05, 4.69) is 86.7 Å². The van der Waals surface area contributed by atoms with Gasteiger partial charge in [-0.05, 0) is 83.6 Å². The Morgan fingerprint density at radius 1 is 0.816 bits per heavy atom. The van der Waals surface area contributed by atoms with Gasteiger partial charge in [-0.3, -0.25) is 0 Å². The number of aliphatic hydroxyl groups is 2. The largest absolute Gasteiger partial charge is 0.508 e. The van der Waals surface area contributed by atoms with E-state index in [9.17, 15) is 10.2 Å². The summed E-state index contributed by atoms with van der Waals surface area (Å²) in [4.78, 5) is 0. The summed E-state index contributed by atoms with van der Waals surface area (Å²) in [6.07, 6.45) is 20.6. The second-order valence-corrected chi connectivity index (χ2v) is 10.7. The minimum absolute atomic E-state index is 0.0306. The zero-order chi connectivity index (χ0) is 26.3. The van der Waals surface area contributed by atoms with Crippen molar-refractivity contribution in [1.29, 1.82) is 0 Å². The molecule has 3 atom stereocenters. The summed E-state index contributed by atoms with van der Waals surface area (Å²) >= 11 is 0. The lowest BCUT2D eigenvalue weighted by Gasteiger charge is -2.54. The fraction of sp³-hybridized carbons (Fsp3) is 0.200. The minimum atomic E-state index is -0.623. The van der Waals surface area contributed by atoms with Crippen LogP contribution in [0.15, 0.2) is 149 Å². The van der Waals surface area contributed by atoms with Gasteiger partial charge in [-0.1, -0.05) is 91.1 Å². The molecule has 2 aromatic carbocycles. The highest BCUT2D eigenvalue weighted by Crippen LogP contribution is 2.58. The maximum Gasteiger partial charge on any atom is 0.112 e. The number of fused-ring (bicyclic) bond motifs is 3. The van der Waals surface area contributed by atoms with E-state index in [0.29, 0.717) is 18.8 Å². The van der Waals surface area contributed by atoms with E-state index < -0.39 is 11.0 Å². The Morgan fingerprint density at radius 2 is 1.55 bits per heavy atom. The van der Waals surface area contributed by atoms with Crippen LogP contribution in [0.3, 0.4) is 0 Å². The topological polar surface area (TPSA) is 49.7 Å². The molecule has 3 heteroatoms. The Hall–Kier alpha value is -4.08. The van der Waals surface area contributed by atoms with Crippen molar-refractivity contribution >= 4 is 0 Å². The molecule has 1 fully saturated rings. The molecule has 0 amide bonds. The molecule has 4 aliphatic rings. The fourth-order valence-electron chi connectivity index (χ4n) is 6.10. The van der Waals surface area contributed by atoms with Crippen molar-refractivity contribution in [2.75, 3.05) is 6.61 Å². The van der Waals surface area contributed by atoms with Gasteiger partial charge in [0.2, 0.25) is 0 Å². The van der Waals surface area contributed by atoms with Gasteiger partial charge < -0.3 is 14.9 Å². The van der Waals surface area contributed by atoms with Crippen molar-refractivity contribution in [2.45, 2.75) is 31.8 Å². The number of benzene rings is 2. The third-order valence-corrected chi connectivity index (χ3v) is 8.54. The second kappa shape index (κ2) is 9.34. The molecule has 0 bridgehead atoms. The molecule has 1 heterocycles. The molecule has 2 N–H and O–H groups in total. The Labute approximate surface area is 224 Å². The highest BCUT2D eigenvalue weighted by Gasteiger charge is 2.55. The van der Waals surface area contributed by atoms with E-state index in [4.69, 9.17) is 4.74 Å². The first-order valence-corrected chi connectivity index (χ1v) is 13.2. The van der Waals surface area contributed by atoms with Crippen molar-refractivity contribution in [1.82, 2.24) is 0 Å². The molecule has 2 aromatic rings. The molecule has 3 unspecified atom stereocenters. The Morgan fingerprint density at radius 3 is 2.29 bits per heavy atom. The van der Waals surface area contributed by atoms with Crippen LogP contribution in [0.5, 0.6) is 0 Å². The Balaban J connectivity index is 1.45. The van der Waals surface area contributed by atoms with Gasteiger partial charge >= 0.3 is 0 Å². The quantitative estimate of drug-likeness (QED) is 0.445. The molecule has 1 saturated heterocycles. The lowest BCUT2D eigenvalue weighted by Crippen LogP contribution is -2.54. The first kappa shape index (κ1) is 24.3. The van der Waals surface area contributed by atoms with Crippen molar-refractivity contribution in [2.24, 2.45) is 5.41 Å². The van der Waals surface area contributed by atoms with Crippen LogP contribution in [0.4, 0.5) is 0 Å². The van der Waals surface area contributed by atoms with E-state index >= 15 is 0 Å². The molecule has 3 nitrogen and oxygen atoms in total. The molecule has 0 saturated carbocycles. The number of hydrogen-bond donors (Lipinski definition) is 2. The molecule has 0 spiro atoms. The molecule has 6 rings (SSSR count). The van der Waals surface area contributed by atoms with Crippen LogP contribution < -0.4 is 0 Å². The zero-order valence-electron chi connectivity index (χ0n) is 21.8. The van der Waals surface area contributed by atoms with Crippen LogP contribution >= 0.6 is 0 Å². The molecule has 1 aliphatic heterocycles. The summed E-state index contributed by atoms with van der Waals surface area (Å²) in [5, 5.41) is 20.2. The van der Waals surface area contributed by atoms with E-state index in [1.54, 1.807) is 12.2 Å². The Kier molecular flexibility index (Phi) is 5.97. The maximum atomic E-state index is 10.5. The second-order valence-electron chi connectivity index (χ2n) is 10.7. The number of allylic oxidation sites excluding steroid dienone is 10. The number of rotatable bonds is 3. The van der Waals surface area contributed by atoms with Crippen LogP contribution in [0.25, 0.3) is 11.1 Å². The first-order valence-electron chi connectivity index (χ1n) is 13.2.